The van der Waals surface area contributed by atoms with E-state index in [0.717, 1.165) is 24.5 Å². The second-order valence-corrected chi connectivity index (χ2v) is 3.93. The van der Waals surface area contributed by atoms with Gasteiger partial charge in [0.15, 0.2) is 0 Å². The maximum Gasteiger partial charge on any atom is 0.127 e. The van der Waals surface area contributed by atoms with Crippen molar-refractivity contribution < 1.29 is 9.47 Å². The van der Waals surface area contributed by atoms with E-state index in [4.69, 9.17) is 9.47 Å². The molecule has 82 valence electrons. The Balaban J connectivity index is 2.36. The van der Waals surface area contributed by atoms with Crippen LogP contribution in [0.1, 0.15) is 18.1 Å². The fraction of sp³-hybridized carbons (Fsp3) is 0.500. The number of fused-ring (bicyclic) bond motifs is 1. The molecule has 1 unspecified atom stereocenters. The summed E-state index contributed by atoms with van der Waals surface area (Å²) in [5.74, 6) is 1.87. The average molecular weight is 207 g/mol. The molecule has 1 atom stereocenters. The second-order valence-electron chi connectivity index (χ2n) is 3.93. The molecule has 0 saturated heterocycles. The third-order valence-electron chi connectivity index (χ3n) is 2.67. The van der Waals surface area contributed by atoms with Crippen LogP contribution in [0.25, 0.3) is 0 Å². The minimum atomic E-state index is 0.287. The second kappa shape index (κ2) is 4.11. The van der Waals surface area contributed by atoms with Crippen LogP contribution in [0.4, 0.5) is 0 Å². The van der Waals surface area contributed by atoms with Gasteiger partial charge in [-0.25, -0.2) is 0 Å². The van der Waals surface area contributed by atoms with Gasteiger partial charge in [0.25, 0.3) is 0 Å². The topological polar surface area (TPSA) is 30.5 Å². The Labute approximate surface area is 90.4 Å². The maximum absolute atomic E-state index is 5.68. The molecule has 0 aromatic heterocycles. The summed E-state index contributed by atoms with van der Waals surface area (Å²) in [6, 6.07) is 4.17. The van der Waals surface area contributed by atoms with Crippen LogP contribution in [0.2, 0.25) is 0 Å². The van der Waals surface area contributed by atoms with E-state index in [0.29, 0.717) is 0 Å². The van der Waals surface area contributed by atoms with Gasteiger partial charge in [-0.05, 0) is 25.6 Å². The molecule has 0 spiro atoms. The van der Waals surface area contributed by atoms with Crippen LogP contribution in [0, 0.1) is 0 Å². The summed E-state index contributed by atoms with van der Waals surface area (Å²) in [5, 5.41) is 3.14. The van der Waals surface area contributed by atoms with E-state index < -0.39 is 0 Å². The standard InChI is InChI=1S/C12H17NO2/c1-8-4-9-5-10(7-13-2)11(14-3)6-12(9)15-8/h5-6,8,13H,4,7H2,1-3H3. The summed E-state index contributed by atoms with van der Waals surface area (Å²) in [4.78, 5) is 0. The highest BCUT2D eigenvalue weighted by Crippen LogP contribution is 2.34. The van der Waals surface area contributed by atoms with Crippen molar-refractivity contribution in [3.05, 3.63) is 23.3 Å². The van der Waals surface area contributed by atoms with Gasteiger partial charge >= 0.3 is 0 Å². The van der Waals surface area contributed by atoms with Crippen LogP contribution in [0.15, 0.2) is 12.1 Å². The molecular formula is C12H17NO2. The van der Waals surface area contributed by atoms with Crippen molar-refractivity contribution >= 4 is 0 Å². The van der Waals surface area contributed by atoms with Gasteiger partial charge in [-0.2, -0.15) is 0 Å². The van der Waals surface area contributed by atoms with E-state index >= 15 is 0 Å². The van der Waals surface area contributed by atoms with Gasteiger partial charge in [0.1, 0.15) is 17.6 Å². The average Bonchev–Trinajstić information content (AvgIpc) is 2.56. The summed E-state index contributed by atoms with van der Waals surface area (Å²) in [7, 11) is 3.63. The highest BCUT2D eigenvalue weighted by atomic mass is 16.5. The molecule has 1 aromatic rings. The van der Waals surface area contributed by atoms with E-state index in [2.05, 4.69) is 18.3 Å². The van der Waals surface area contributed by atoms with Gasteiger partial charge in [0.05, 0.1) is 7.11 Å². The van der Waals surface area contributed by atoms with Crippen LogP contribution in [-0.4, -0.2) is 20.3 Å². The molecule has 1 N–H and O–H groups in total. The van der Waals surface area contributed by atoms with Crippen molar-refractivity contribution in [3.8, 4) is 11.5 Å². The van der Waals surface area contributed by atoms with Gasteiger partial charge in [0.2, 0.25) is 0 Å². The molecule has 0 fully saturated rings. The van der Waals surface area contributed by atoms with E-state index in [9.17, 15) is 0 Å². The number of hydrogen-bond acceptors (Lipinski definition) is 3. The Morgan fingerprint density at radius 1 is 1.53 bits per heavy atom. The zero-order chi connectivity index (χ0) is 10.8. The zero-order valence-corrected chi connectivity index (χ0v) is 9.46. The molecule has 0 amide bonds. The molecule has 1 aliphatic rings. The zero-order valence-electron chi connectivity index (χ0n) is 9.46. The lowest BCUT2D eigenvalue weighted by atomic mass is 10.1. The largest absolute Gasteiger partial charge is 0.496 e. The fourth-order valence-corrected chi connectivity index (χ4v) is 2.01. The number of nitrogens with one attached hydrogen (secondary N) is 1. The van der Waals surface area contributed by atoms with Gasteiger partial charge in [-0.1, -0.05) is 0 Å². The third kappa shape index (κ3) is 1.92. The lowest BCUT2D eigenvalue weighted by Gasteiger charge is -2.10. The smallest absolute Gasteiger partial charge is 0.127 e. The fourth-order valence-electron chi connectivity index (χ4n) is 2.01. The van der Waals surface area contributed by atoms with Gasteiger partial charge < -0.3 is 14.8 Å². The number of rotatable bonds is 3. The molecule has 1 aliphatic heterocycles. The molecule has 0 bridgehead atoms. The highest BCUT2D eigenvalue weighted by Gasteiger charge is 2.21. The molecule has 1 heterocycles. The van der Waals surface area contributed by atoms with Crippen molar-refractivity contribution in [2.75, 3.05) is 14.2 Å². The first-order valence-electron chi connectivity index (χ1n) is 5.25. The summed E-state index contributed by atoms with van der Waals surface area (Å²) in [5.41, 5.74) is 2.48. The number of methoxy groups -OCH3 is 1. The van der Waals surface area contributed by atoms with Gasteiger partial charge in [0, 0.05) is 24.6 Å². The first kappa shape index (κ1) is 10.3. The summed E-state index contributed by atoms with van der Waals surface area (Å²) in [6.07, 6.45) is 1.28. The number of ether oxygens (including phenoxy) is 2. The minimum Gasteiger partial charge on any atom is -0.496 e. The van der Waals surface area contributed by atoms with Crippen LogP contribution >= 0.6 is 0 Å². The Kier molecular flexibility index (Phi) is 2.82. The first-order chi connectivity index (χ1) is 7.24. The van der Waals surface area contributed by atoms with Crippen LogP contribution in [0.3, 0.4) is 0 Å². The Hall–Kier alpha value is -1.22. The highest BCUT2D eigenvalue weighted by molar-refractivity contribution is 5.48. The lowest BCUT2D eigenvalue weighted by molar-refractivity contribution is 0.253. The summed E-state index contributed by atoms with van der Waals surface area (Å²) >= 11 is 0. The lowest BCUT2D eigenvalue weighted by Crippen LogP contribution is -2.07. The molecule has 0 radical (unpaired) electrons. The number of benzene rings is 1. The van der Waals surface area contributed by atoms with Crippen LogP contribution < -0.4 is 14.8 Å². The SMILES string of the molecule is CNCc1cc2c(cc1OC)OC(C)C2. The van der Waals surface area contributed by atoms with Crippen molar-refractivity contribution in [1.82, 2.24) is 5.32 Å². The molecule has 1 aromatic carbocycles. The molecule has 3 nitrogen and oxygen atoms in total. The normalized spacial score (nSPS) is 18.5. The Morgan fingerprint density at radius 3 is 3.00 bits per heavy atom. The van der Waals surface area contributed by atoms with E-state index in [-0.39, 0.29) is 6.10 Å². The molecule has 15 heavy (non-hydrogen) atoms. The third-order valence-corrected chi connectivity index (χ3v) is 2.67. The van der Waals surface area contributed by atoms with Crippen molar-refractivity contribution in [3.63, 3.8) is 0 Å². The maximum atomic E-state index is 5.68. The predicted molar refractivity (Wildman–Crippen MR) is 59.6 cm³/mol. The van der Waals surface area contributed by atoms with E-state index in [1.54, 1.807) is 7.11 Å². The van der Waals surface area contributed by atoms with E-state index in [1.807, 2.05) is 13.1 Å². The monoisotopic (exact) mass is 207 g/mol. The summed E-state index contributed by atoms with van der Waals surface area (Å²) in [6.45, 7) is 2.91. The molecule has 0 aliphatic carbocycles. The summed E-state index contributed by atoms with van der Waals surface area (Å²) < 4.78 is 11.0. The molecule has 0 saturated carbocycles. The minimum absolute atomic E-state index is 0.287. The van der Waals surface area contributed by atoms with Crippen LogP contribution in [0.5, 0.6) is 11.5 Å². The quantitative estimate of drug-likeness (QED) is 0.819. The molecule has 3 heteroatoms. The van der Waals surface area contributed by atoms with Crippen molar-refractivity contribution in [2.24, 2.45) is 0 Å². The predicted octanol–water partition coefficient (Wildman–Crippen LogP) is 1.74. The van der Waals surface area contributed by atoms with E-state index in [1.165, 1.54) is 11.1 Å². The number of hydrogen-bond donors (Lipinski definition) is 1. The first-order valence-corrected chi connectivity index (χ1v) is 5.25. The van der Waals surface area contributed by atoms with Gasteiger partial charge in [-0.3, -0.25) is 0 Å². The van der Waals surface area contributed by atoms with Crippen LogP contribution in [-0.2, 0) is 13.0 Å². The Bertz CT molecular complexity index is 363. The molecule has 2 rings (SSSR count). The van der Waals surface area contributed by atoms with Crippen molar-refractivity contribution in [1.29, 1.82) is 0 Å². The van der Waals surface area contributed by atoms with Crippen molar-refractivity contribution in [2.45, 2.75) is 26.0 Å². The Morgan fingerprint density at radius 2 is 2.33 bits per heavy atom. The van der Waals surface area contributed by atoms with Gasteiger partial charge in [-0.15, -0.1) is 0 Å². The molecular weight excluding hydrogens is 190 g/mol.